The van der Waals surface area contributed by atoms with Crippen molar-refractivity contribution in [3.63, 3.8) is 0 Å². The zero-order chi connectivity index (χ0) is 12.5. The molecule has 0 radical (unpaired) electrons. The first-order chi connectivity index (χ1) is 8.24. The van der Waals surface area contributed by atoms with E-state index in [1.807, 2.05) is 4.90 Å². The van der Waals surface area contributed by atoms with E-state index in [2.05, 4.69) is 10.6 Å². The Labute approximate surface area is 103 Å². The summed E-state index contributed by atoms with van der Waals surface area (Å²) < 4.78 is 0. The molecule has 98 valence electrons. The van der Waals surface area contributed by atoms with Crippen molar-refractivity contribution in [3.8, 4) is 0 Å². The van der Waals surface area contributed by atoms with Crippen LogP contribution >= 0.6 is 0 Å². The molecule has 2 N–H and O–H groups in total. The summed E-state index contributed by atoms with van der Waals surface area (Å²) in [6.45, 7) is 2.91. The second kappa shape index (κ2) is 8.06. The van der Waals surface area contributed by atoms with Crippen molar-refractivity contribution < 1.29 is 9.59 Å². The van der Waals surface area contributed by atoms with Gasteiger partial charge in [0.25, 0.3) is 0 Å². The lowest BCUT2D eigenvalue weighted by Crippen LogP contribution is -2.41. The third kappa shape index (κ3) is 5.68. The van der Waals surface area contributed by atoms with Gasteiger partial charge in [0.05, 0.1) is 6.54 Å². The summed E-state index contributed by atoms with van der Waals surface area (Å²) in [4.78, 5) is 24.6. The predicted molar refractivity (Wildman–Crippen MR) is 66.6 cm³/mol. The highest BCUT2D eigenvalue weighted by Gasteiger charge is 2.15. The van der Waals surface area contributed by atoms with E-state index in [9.17, 15) is 9.59 Å². The topological polar surface area (TPSA) is 61.4 Å². The lowest BCUT2D eigenvalue weighted by Gasteiger charge is -2.26. The summed E-state index contributed by atoms with van der Waals surface area (Å²) >= 11 is 0. The number of nitrogens with one attached hydrogen (secondary N) is 2. The van der Waals surface area contributed by atoms with Crippen LogP contribution in [0.3, 0.4) is 0 Å². The zero-order valence-corrected chi connectivity index (χ0v) is 10.6. The molecule has 0 aromatic heterocycles. The summed E-state index contributed by atoms with van der Waals surface area (Å²) in [5, 5.41) is 5.67. The van der Waals surface area contributed by atoms with Crippen LogP contribution in [-0.2, 0) is 9.59 Å². The monoisotopic (exact) mass is 241 g/mol. The summed E-state index contributed by atoms with van der Waals surface area (Å²) in [5.41, 5.74) is 0. The molecule has 0 unspecified atom stereocenters. The van der Waals surface area contributed by atoms with Crippen molar-refractivity contribution in [2.24, 2.45) is 0 Å². The largest absolute Gasteiger partial charge is 0.359 e. The van der Waals surface area contributed by atoms with Crippen molar-refractivity contribution in [2.75, 3.05) is 33.2 Å². The van der Waals surface area contributed by atoms with E-state index in [1.54, 1.807) is 7.05 Å². The van der Waals surface area contributed by atoms with Crippen LogP contribution in [-0.4, -0.2) is 49.9 Å². The van der Waals surface area contributed by atoms with Crippen LogP contribution in [0.5, 0.6) is 0 Å². The third-order valence-electron chi connectivity index (χ3n) is 3.02. The first-order valence-electron chi connectivity index (χ1n) is 6.43. The summed E-state index contributed by atoms with van der Waals surface area (Å²) in [6.07, 6.45) is 4.78. The number of hydrogen-bond donors (Lipinski definition) is 2. The Balaban J connectivity index is 2.01. The minimum absolute atomic E-state index is 0.0501. The summed E-state index contributed by atoms with van der Waals surface area (Å²) in [5.74, 6) is 0.235. The minimum Gasteiger partial charge on any atom is -0.359 e. The Hall–Kier alpha value is -1.10. The minimum atomic E-state index is 0.0501. The van der Waals surface area contributed by atoms with Gasteiger partial charge in [0, 0.05) is 26.6 Å². The van der Waals surface area contributed by atoms with E-state index in [4.69, 9.17) is 0 Å². The van der Waals surface area contributed by atoms with Gasteiger partial charge in [0.2, 0.25) is 11.8 Å². The zero-order valence-electron chi connectivity index (χ0n) is 10.6. The van der Waals surface area contributed by atoms with Crippen molar-refractivity contribution in [2.45, 2.75) is 32.1 Å². The van der Waals surface area contributed by atoms with E-state index >= 15 is 0 Å². The Morgan fingerprint density at radius 2 is 1.88 bits per heavy atom. The van der Waals surface area contributed by atoms with Gasteiger partial charge in [-0.25, -0.2) is 0 Å². The maximum Gasteiger partial charge on any atom is 0.236 e. The fraction of sp³-hybridized carbons (Fsp3) is 0.833. The number of carbonyl (C=O) groups is 2. The number of carbonyl (C=O) groups excluding carboxylic acids is 2. The molecule has 0 bridgehead atoms. The Morgan fingerprint density at radius 1 is 1.18 bits per heavy atom. The highest BCUT2D eigenvalue weighted by molar-refractivity contribution is 5.78. The molecule has 17 heavy (non-hydrogen) atoms. The smallest absolute Gasteiger partial charge is 0.236 e. The van der Waals surface area contributed by atoms with Crippen LogP contribution in [0.2, 0.25) is 0 Å². The highest BCUT2D eigenvalue weighted by atomic mass is 16.2. The Morgan fingerprint density at radius 3 is 2.53 bits per heavy atom. The summed E-state index contributed by atoms with van der Waals surface area (Å²) in [7, 11) is 1.63. The van der Waals surface area contributed by atoms with Crippen molar-refractivity contribution >= 4 is 11.8 Å². The number of piperidine rings is 1. The molecule has 0 aromatic rings. The molecule has 0 spiro atoms. The summed E-state index contributed by atoms with van der Waals surface area (Å²) in [6, 6.07) is 0. The molecular formula is C12H23N3O2. The number of nitrogens with zero attached hydrogens (tertiary/aromatic N) is 1. The van der Waals surface area contributed by atoms with Gasteiger partial charge in [-0.2, -0.15) is 0 Å². The Kier molecular flexibility index (Phi) is 6.62. The van der Waals surface area contributed by atoms with Gasteiger partial charge in [-0.3, -0.25) is 9.59 Å². The quantitative estimate of drug-likeness (QED) is 0.649. The standard InChI is InChI=1S/C12H23N3O2/c1-13-11(16)6-5-7-14-10-12(17)15-8-3-2-4-9-15/h14H,2-10H2,1H3,(H,13,16). The van der Waals surface area contributed by atoms with Crippen LogP contribution in [0.1, 0.15) is 32.1 Å². The maximum absolute atomic E-state index is 11.7. The molecule has 1 saturated heterocycles. The number of likely N-dealkylation sites (tertiary alicyclic amines) is 1. The lowest BCUT2D eigenvalue weighted by atomic mass is 10.1. The van der Waals surface area contributed by atoms with E-state index in [-0.39, 0.29) is 11.8 Å². The van der Waals surface area contributed by atoms with Gasteiger partial charge >= 0.3 is 0 Å². The third-order valence-corrected chi connectivity index (χ3v) is 3.02. The molecule has 1 heterocycles. The maximum atomic E-state index is 11.7. The molecule has 0 aromatic carbocycles. The Bertz CT molecular complexity index is 250. The molecule has 1 rings (SSSR count). The first-order valence-corrected chi connectivity index (χ1v) is 6.43. The van der Waals surface area contributed by atoms with Gasteiger partial charge in [-0.15, -0.1) is 0 Å². The molecule has 2 amide bonds. The van der Waals surface area contributed by atoms with Crippen molar-refractivity contribution in [1.29, 1.82) is 0 Å². The average molecular weight is 241 g/mol. The average Bonchev–Trinajstić information content (AvgIpc) is 2.38. The fourth-order valence-corrected chi connectivity index (χ4v) is 1.95. The van der Waals surface area contributed by atoms with Gasteiger partial charge in [0.15, 0.2) is 0 Å². The van der Waals surface area contributed by atoms with E-state index in [1.165, 1.54) is 6.42 Å². The van der Waals surface area contributed by atoms with Gasteiger partial charge < -0.3 is 15.5 Å². The molecule has 1 aliphatic rings. The number of rotatable bonds is 6. The number of hydrogen-bond acceptors (Lipinski definition) is 3. The molecule has 0 aliphatic carbocycles. The van der Waals surface area contributed by atoms with Crippen LogP contribution in [0.15, 0.2) is 0 Å². The van der Waals surface area contributed by atoms with E-state index in [0.29, 0.717) is 19.5 Å². The lowest BCUT2D eigenvalue weighted by molar-refractivity contribution is -0.131. The van der Waals surface area contributed by atoms with E-state index < -0.39 is 0 Å². The second-order valence-electron chi connectivity index (χ2n) is 4.39. The molecule has 1 fully saturated rings. The first kappa shape index (κ1) is 14.0. The predicted octanol–water partition coefficient (Wildman–Crippen LogP) is 0.115. The van der Waals surface area contributed by atoms with Crippen LogP contribution in [0.25, 0.3) is 0 Å². The van der Waals surface area contributed by atoms with Crippen LogP contribution < -0.4 is 10.6 Å². The van der Waals surface area contributed by atoms with Gasteiger partial charge in [0.1, 0.15) is 0 Å². The molecule has 0 saturated carbocycles. The molecular weight excluding hydrogens is 218 g/mol. The molecule has 5 nitrogen and oxygen atoms in total. The van der Waals surface area contributed by atoms with Crippen molar-refractivity contribution in [3.05, 3.63) is 0 Å². The van der Waals surface area contributed by atoms with Crippen LogP contribution in [0, 0.1) is 0 Å². The highest BCUT2D eigenvalue weighted by Crippen LogP contribution is 2.08. The number of amides is 2. The second-order valence-corrected chi connectivity index (χ2v) is 4.39. The van der Waals surface area contributed by atoms with Gasteiger partial charge in [-0.05, 0) is 32.2 Å². The van der Waals surface area contributed by atoms with Crippen LogP contribution in [0.4, 0.5) is 0 Å². The molecule has 5 heteroatoms. The SMILES string of the molecule is CNC(=O)CCCNCC(=O)N1CCCCC1. The molecule has 1 aliphatic heterocycles. The van der Waals surface area contributed by atoms with E-state index in [0.717, 1.165) is 32.4 Å². The molecule has 0 atom stereocenters. The normalized spacial score (nSPS) is 15.7. The van der Waals surface area contributed by atoms with Gasteiger partial charge in [-0.1, -0.05) is 0 Å². The fourth-order valence-electron chi connectivity index (χ4n) is 1.95. The van der Waals surface area contributed by atoms with Crippen molar-refractivity contribution in [1.82, 2.24) is 15.5 Å².